The number of anilines is 6. The fourth-order valence-electron chi connectivity index (χ4n) is 11.1. The van der Waals surface area contributed by atoms with Crippen molar-refractivity contribution in [1.29, 1.82) is 0 Å². The molecule has 0 aromatic heterocycles. The van der Waals surface area contributed by atoms with Crippen LogP contribution in [0.25, 0.3) is 44.5 Å². The van der Waals surface area contributed by atoms with Crippen molar-refractivity contribution in [2.24, 2.45) is 0 Å². The van der Waals surface area contributed by atoms with Crippen molar-refractivity contribution in [3.05, 3.63) is 265 Å². The lowest BCUT2D eigenvalue weighted by atomic mass is 9.74. The molecule has 0 saturated carbocycles. The Morgan fingerprint density at radius 3 is 1.11 bits per heavy atom. The average molecular weight is 935 g/mol. The summed E-state index contributed by atoms with van der Waals surface area (Å²) in [4.78, 5) is 4.84. The molecule has 72 heavy (non-hydrogen) atoms. The van der Waals surface area contributed by atoms with Gasteiger partial charge < -0.3 is 19.3 Å². The first kappa shape index (κ1) is 45.8. The maximum atomic E-state index is 5.69. The summed E-state index contributed by atoms with van der Waals surface area (Å²) in [5, 5.41) is 0. The molecule has 0 fully saturated rings. The zero-order valence-electron chi connectivity index (χ0n) is 41.6. The highest BCUT2D eigenvalue weighted by molar-refractivity contribution is 5.92. The average Bonchev–Trinajstić information content (AvgIpc) is 3.66. The summed E-state index contributed by atoms with van der Waals surface area (Å²) in [6, 6.07) is 89.9. The molecule has 0 heterocycles. The van der Waals surface area contributed by atoms with Gasteiger partial charge in [-0.15, -0.1) is 0 Å². The minimum absolute atomic E-state index is 0.183. The SMILES string of the molecule is COc1ccc(N(c2ccc(-c3ccccc3)cc2)c2cc(C3(C)CC(C)(C)c4cc(N(c5ccc(OC)cc5)c5ccc(-c6ccccc6)cc5)c(-c5ccccc5)cc43)ccc2-c2ccccc2)cc1. The molecule has 0 spiro atoms. The van der Waals surface area contributed by atoms with Gasteiger partial charge in [-0.3, -0.25) is 0 Å². The van der Waals surface area contributed by atoms with E-state index in [9.17, 15) is 0 Å². The second-order valence-corrected chi connectivity index (χ2v) is 19.7. The summed E-state index contributed by atoms with van der Waals surface area (Å²) < 4.78 is 11.4. The van der Waals surface area contributed by atoms with Crippen LogP contribution in [0, 0.1) is 0 Å². The second kappa shape index (κ2) is 19.3. The summed E-state index contributed by atoms with van der Waals surface area (Å²) in [7, 11) is 3.44. The molecule has 1 unspecified atom stereocenters. The number of hydrogen-bond acceptors (Lipinski definition) is 4. The summed E-state index contributed by atoms with van der Waals surface area (Å²) in [5.74, 6) is 1.63. The molecule has 4 heteroatoms. The molecule has 0 aliphatic heterocycles. The molecule has 1 atom stereocenters. The number of nitrogens with zero attached hydrogens (tertiary/aromatic N) is 2. The lowest BCUT2D eigenvalue weighted by molar-refractivity contribution is 0.414. The van der Waals surface area contributed by atoms with Crippen molar-refractivity contribution in [3.63, 3.8) is 0 Å². The normalized spacial score (nSPS) is 14.6. The van der Waals surface area contributed by atoms with E-state index in [1.165, 1.54) is 44.5 Å². The fourth-order valence-corrected chi connectivity index (χ4v) is 11.1. The van der Waals surface area contributed by atoms with Crippen LogP contribution in [-0.2, 0) is 10.8 Å². The first-order chi connectivity index (χ1) is 35.2. The van der Waals surface area contributed by atoms with Crippen LogP contribution in [0.5, 0.6) is 11.5 Å². The van der Waals surface area contributed by atoms with Crippen molar-refractivity contribution in [2.45, 2.75) is 38.0 Å². The van der Waals surface area contributed by atoms with E-state index in [2.05, 4.69) is 279 Å². The Balaban J connectivity index is 1.11. The van der Waals surface area contributed by atoms with Crippen LogP contribution in [0.2, 0.25) is 0 Å². The van der Waals surface area contributed by atoms with Crippen LogP contribution in [-0.4, -0.2) is 14.2 Å². The molecule has 0 bridgehead atoms. The molecule has 10 aromatic rings. The molecule has 0 amide bonds. The number of methoxy groups -OCH3 is 2. The fraction of sp³-hybridized carbons (Fsp3) is 0.118. The van der Waals surface area contributed by atoms with Crippen LogP contribution in [0.1, 0.15) is 43.9 Å². The van der Waals surface area contributed by atoms with Gasteiger partial charge in [0, 0.05) is 39.3 Å². The monoisotopic (exact) mass is 934 g/mol. The van der Waals surface area contributed by atoms with Gasteiger partial charge in [-0.05, 0) is 153 Å². The quantitative estimate of drug-likeness (QED) is 0.115. The maximum Gasteiger partial charge on any atom is 0.119 e. The molecule has 1 aliphatic rings. The van der Waals surface area contributed by atoms with Gasteiger partial charge in [0.25, 0.3) is 0 Å². The first-order valence-corrected chi connectivity index (χ1v) is 24.8. The molecule has 0 saturated heterocycles. The summed E-state index contributed by atoms with van der Waals surface area (Å²) in [5.41, 5.74) is 19.2. The van der Waals surface area contributed by atoms with Crippen molar-refractivity contribution in [2.75, 3.05) is 24.0 Å². The van der Waals surface area contributed by atoms with Crippen LogP contribution in [0.15, 0.2) is 249 Å². The Morgan fingerprint density at radius 2 is 0.694 bits per heavy atom. The Kier molecular flexibility index (Phi) is 12.3. The number of ether oxygens (including phenoxy) is 2. The highest BCUT2D eigenvalue weighted by atomic mass is 16.5. The predicted octanol–water partition coefficient (Wildman–Crippen LogP) is 18.3. The number of rotatable bonds is 13. The van der Waals surface area contributed by atoms with Gasteiger partial charge in [0.15, 0.2) is 0 Å². The minimum atomic E-state index is -0.365. The van der Waals surface area contributed by atoms with E-state index in [0.29, 0.717) is 0 Å². The van der Waals surface area contributed by atoms with Gasteiger partial charge in [-0.1, -0.05) is 178 Å². The molecule has 1 aliphatic carbocycles. The van der Waals surface area contributed by atoms with Crippen LogP contribution >= 0.6 is 0 Å². The molecule has 0 radical (unpaired) electrons. The Bertz CT molecular complexity index is 3450. The third kappa shape index (κ3) is 8.71. The molecular weight excluding hydrogens is 877 g/mol. The van der Waals surface area contributed by atoms with E-state index in [1.54, 1.807) is 14.2 Å². The maximum absolute atomic E-state index is 5.69. The molecular formula is C68H58N2O2. The summed E-state index contributed by atoms with van der Waals surface area (Å²) in [6.07, 6.45) is 0.916. The number of fused-ring (bicyclic) bond motifs is 1. The number of hydrogen-bond donors (Lipinski definition) is 0. The van der Waals surface area contributed by atoms with E-state index in [-0.39, 0.29) is 10.8 Å². The van der Waals surface area contributed by atoms with Gasteiger partial charge in [-0.2, -0.15) is 0 Å². The van der Waals surface area contributed by atoms with Gasteiger partial charge in [0.2, 0.25) is 0 Å². The Hall–Kier alpha value is -8.60. The first-order valence-electron chi connectivity index (χ1n) is 24.8. The largest absolute Gasteiger partial charge is 0.497 e. The molecule has 10 aromatic carbocycles. The Labute approximate surface area is 425 Å². The molecule has 11 rings (SSSR count). The van der Waals surface area contributed by atoms with E-state index in [0.717, 1.165) is 68.7 Å². The van der Waals surface area contributed by atoms with Gasteiger partial charge in [0.05, 0.1) is 25.6 Å². The number of benzene rings is 10. The topological polar surface area (TPSA) is 24.9 Å². The van der Waals surface area contributed by atoms with E-state index in [1.807, 2.05) is 0 Å². The lowest BCUT2D eigenvalue weighted by Crippen LogP contribution is -2.24. The third-order valence-electron chi connectivity index (χ3n) is 14.7. The predicted molar refractivity (Wildman–Crippen MR) is 301 cm³/mol. The zero-order valence-corrected chi connectivity index (χ0v) is 41.6. The van der Waals surface area contributed by atoms with Gasteiger partial charge in [-0.25, -0.2) is 0 Å². The van der Waals surface area contributed by atoms with Crippen molar-refractivity contribution in [3.8, 4) is 56.0 Å². The molecule has 0 N–H and O–H groups in total. The van der Waals surface area contributed by atoms with Crippen LogP contribution in [0.3, 0.4) is 0 Å². The smallest absolute Gasteiger partial charge is 0.119 e. The summed E-state index contributed by atoms with van der Waals surface area (Å²) >= 11 is 0. The van der Waals surface area contributed by atoms with Crippen LogP contribution < -0.4 is 19.3 Å². The van der Waals surface area contributed by atoms with Crippen LogP contribution in [0.4, 0.5) is 34.1 Å². The standard InChI is InChI=1S/C68H58N2O2/c1-67(2)47-68(3,54-30-43-61(52-22-14-8-15-23-52)65(44-54)69(57-35-39-59(71-4)40-36-57)55-31-26-50(27-32-55)48-18-10-6-11-19-48)64-45-62(53-24-16-9-17-25-53)66(46-63(64)67)70(58-37-41-60(72-5)42-38-58)56-33-28-51(29-34-56)49-20-12-7-13-21-49/h6-46H,47H2,1-5H3. The van der Waals surface area contributed by atoms with Gasteiger partial charge in [0.1, 0.15) is 11.5 Å². The summed E-state index contributed by atoms with van der Waals surface area (Å²) in [6.45, 7) is 7.31. The third-order valence-corrected chi connectivity index (χ3v) is 14.7. The highest BCUT2D eigenvalue weighted by Crippen LogP contribution is 2.57. The highest BCUT2D eigenvalue weighted by Gasteiger charge is 2.47. The lowest BCUT2D eigenvalue weighted by Gasteiger charge is -2.33. The van der Waals surface area contributed by atoms with E-state index >= 15 is 0 Å². The Morgan fingerprint density at radius 1 is 0.333 bits per heavy atom. The van der Waals surface area contributed by atoms with Gasteiger partial charge >= 0.3 is 0 Å². The van der Waals surface area contributed by atoms with E-state index < -0.39 is 0 Å². The molecule has 4 nitrogen and oxygen atoms in total. The van der Waals surface area contributed by atoms with Crippen molar-refractivity contribution < 1.29 is 9.47 Å². The molecule has 352 valence electrons. The minimum Gasteiger partial charge on any atom is -0.497 e. The zero-order chi connectivity index (χ0) is 49.2. The van der Waals surface area contributed by atoms with Crippen molar-refractivity contribution in [1.82, 2.24) is 0 Å². The van der Waals surface area contributed by atoms with E-state index in [4.69, 9.17) is 9.47 Å². The van der Waals surface area contributed by atoms with Crippen molar-refractivity contribution >= 4 is 34.1 Å². The second-order valence-electron chi connectivity index (χ2n) is 19.7.